The fourth-order valence-electron chi connectivity index (χ4n) is 2.41. The van der Waals surface area contributed by atoms with Gasteiger partial charge in [-0.15, -0.1) is 0 Å². The average Bonchev–Trinajstić information content (AvgIpc) is 2.87. The van der Waals surface area contributed by atoms with Crippen LogP contribution in [0.1, 0.15) is 25.5 Å². The molecule has 0 aliphatic heterocycles. The fraction of sp³-hybridized carbons (Fsp3) is 0.353. The summed E-state index contributed by atoms with van der Waals surface area (Å²) in [6.45, 7) is 1.84. The summed E-state index contributed by atoms with van der Waals surface area (Å²) in [5.74, 6) is -0.164. The molecule has 0 spiro atoms. The molecule has 0 radical (unpaired) electrons. The minimum absolute atomic E-state index is 0.0379. The third kappa shape index (κ3) is 3.62. The number of rotatable bonds is 6. The molecule has 0 aromatic carbocycles. The molecule has 0 saturated carbocycles. The Hall–Kier alpha value is -2.68. The van der Waals surface area contributed by atoms with Crippen LogP contribution >= 0.6 is 0 Å². The van der Waals surface area contributed by atoms with Gasteiger partial charge in [-0.2, -0.15) is 13.2 Å². The summed E-state index contributed by atoms with van der Waals surface area (Å²) in [5.41, 5.74) is -0.113. The molecular weight excluding hydrogens is 349 g/mol. The molecule has 2 aromatic heterocycles. The Balaban J connectivity index is 1.93. The minimum atomic E-state index is -4.56. The number of carbonyl (C=O) groups is 1. The van der Waals surface area contributed by atoms with Crippen LogP contribution in [0.15, 0.2) is 30.4 Å². The van der Waals surface area contributed by atoms with E-state index in [1.54, 1.807) is 25.3 Å². The number of nitrogens with one attached hydrogen (secondary N) is 1. The number of amides is 1. The van der Waals surface area contributed by atoms with Gasteiger partial charge in [0.25, 0.3) is 0 Å². The number of methoxy groups -OCH3 is 1. The molecule has 26 heavy (non-hydrogen) atoms. The van der Waals surface area contributed by atoms with Crippen molar-refractivity contribution in [3.63, 3.8) is 0 Å². The van der Waals surface area contributed by atoms with E-state index in [1.807, 2.05) is 6.92 Å². The van der Waals surface area contributed by atoms with Crippen LogP contribution < -0.4 is 5.32 Å². The first kappa shape index (κ1) is 18.1. The second kappa shape index (κ2) is 6.91. The molecule has 0 fully saturated rings. The first-order valence-corrected chi connectivity index (χ1v) is 7.97. The van der Waals surface area contributed by atoms with Gasteiger partial charge in [0.05, 0.1) is 11.8 Å². The molecule has 138 valence electrons. The van der Waals surface area contributed by atoms with E-state index in [9.17, 15) is 18.0 Å². The molecule has 9 heteroatoms. The third-order valence-electron chi connectivity index (χ3n) is 4.02. The van der Waals surface area contributed by atoms with Crippen molar-refractivity contribution >= 4 is 28.7 Å². The Morgan fingerprint density at radius 1 is 1.35 bits per heavy atom. The second-order valence-electron chi connectivity index (χ2n) is 5.89. The average molecular weight is 366 g/mol. The van der Waals surface area contributed by atoms with Crippen LogP contribution in [0, 0.1) is 0 Å². The van der Waals surface area contributed by atoms with E-state index in [0.717, 1.165) is 6.07 Å². The van der Waals surface area contributed by atoms with Gasteiger partial charge in [-0.1, -0.05) is 6.08 Å². The van der Waals surface area contributed by atoms with Crippen LogP contribution in [0.3, 0.4) is 0 Å². The smallest absolute Gasteiger partial charge is 0.382 e. The Morgan fingerprint density at radius 3 is 2.65 bits per heavy atom. The minimum Gasteiger partial charge on any atom is -0.382 e. The summed E-state index contributed by atoms with van der Waals surface area (Å²) in [5, 5.41) is 2.65. The summed E-state index contributed by atoms with van der Waals surface area (Å²) in [6, 6.07) is 2.11. The van der Waals surface area contributed by atoms with Crippen molar-refractivity contribution in [2.75, 3.05) is 12.4 Å². The standard InChI is InChI=1S/C17H17F3N4O2/c1-10(26-2)6-9-14(25)23-16-21-12-7-8-13(17(18,19)20)22-15(12)24(16)11-4-3-5-11/h3-5,7-8,10H,6,9H2,1-2H3,(H,21,23,25). The number of halogens is 3. The molecule has 1 unspecified atom stereocenters. The number of pyridine rings is 1. The molecule has 0 bridgehead atoms. The summed E-state index contributed by atoms with van der Waals surface area (Å²) in [4.78, 5) is 20.1. The number of hydrogen-bond acceptors (Lipinski definition) is 4. The Labute approximate surface area is 147 Å². The van der Waals surface area contributed by atoms with Crippen molar-refractivity contribution < 1.29 is 22.7 Å². The first-order chi connectivity index (χ1) is 12.3. The summed E-state index contributed by atoms with van der Waals surface area (Å²) in [7, 11) is 1.56. The van der Waals surface area contributed by atoms with Crippen LogP contribution in [0.5, 0.6) is 0 Å². The summed E-state index contributed by atoms with van der Waals surface area (Å²) < 4.78 is 45.4. The van der Waals surface area contributed by atoms with E-state index in [0.29, 0.717) is 12.1 Å². The number of allylic oxidation sites excluding steroid dienone is 4. The number of hydrogen-bond donors (Lipinski definition) is 1. The van der Waals surface area contributed by atoms with E-state index in [1.165, 1.54) is 10.6 Å². The van der Waals surface area contributed by atoms with Crippen molar-refractivity contribution in [3.8, 4) is 0 Å². The highest BCUT2D eigenvalue weighted by molar-refractivity contribution is 5.93. The number of imidazole rings is 1. The highest BCUT2D eigenvalue weighted by atomic mass is 19.4. The predicted octanol–water partition coefficient (Wildman–Crippen LogP) is 3.61. The van der Waals surface area contributed by atoms with Crippen LogP contribution in [0.4, 0.5) is 19.1 Å². The fourth-order valence-corrected chi connectivity index (χ4v) is 2.41. The van der Waals surface area contributed by atoms with Gasteiger partial charge in [0.15, 0.2) is 5.65 Å². The normalized spacial score (nSPS) is 14.9. The zero-order valence-corrected chi connectivity index (χ0v) is 14.2. The number of ether oxygens (including phenoxy) is 1. The summed E-state index contributed by atoms with van der Waals surface area (Å²) in [6.07, 6.45) is 1.22. The lowest BCUT2D eigenvalue weighted by molar-refractivity contribution is -0.141. The van der Waals surface area contributed by atoms with E-state index in [4.69, 9.17) is 4.74 Å². The molecule has 1 aliphatic carbocycles. The van der Waals surface area contributed by atoms with E-state index in [2.05, 4.69) is 15.3 Å². The number of anilines is 1. The van der Waals surface area contributed by atoms with Gasteiger partial charge in [0.1, 0.15) is 11.2 Å². The number of alkyl halides is 3. The monoisotopic (exact) mass is 366 g/mol. The molecule has 1 atom stereocenters. The maximum atomic E-state index is 13.0. The molecule has 1 aliphatic rings. The number of aromatic nitrogens is 3. The van der Waals surface area contributed by atoms with Crippen molar-refractivity contribution in [2.24, 2.45) is 0 Å². The highest BCUT2D eigenvalue weighted by Gasteiger charge is 2.33. The van der Waals surface area contributed by atoms with Gasteiger partial charge in [0.2, 0.25) is 11.9 Å². The zero-order valence-electron chi connectivity index (χ0n) is 14.2. The Bertz CT molecular complexity index is 899. The van der Waals surface area contributed by atoms with Crippen molar-refractivity contribution in [2.45, 2.75) is 32.0 Å². The maximum absolute atomic E-state index is 13.0. The molecule has 3 rings (SSSR count). The van der Waals surface area contributed by atoms with Gasteiger partial charge in [-0.3, -0.25) is 14.7 Å². The van der Waals surface area contributed by atoms with Crippen LogP contribution in [0.25, 0.3) is 16.9 Å². The lowest BCUT2D eigenvalue weighted by Gasteiger charge is -2.14. The van der Waals surface area contributed by atoms with Crippen molar-refractivity contribution in [1.82, 2.24) is 14.5 Å². The van der Waals surface area contributed by atoms with Crippen LogP contribution in [0.2, 0.25) is 0 Å². The van der Waals surface area contributed by atoms with Gasteiger partial charge >= 0.3 is 6.18 Å². The van der Waals surface area contributed by atoms with Gasteiger partial charge in [-0.05, 0) is 37.6 Å². The Morgan fingerprint density at radius 2 is 2.08 bits per heavy atom. The third-order valence-corrected chi connectivity index (χ3v) is 4.02. The highest BCUT2D eigenvalue weighted by Crippen LogP contribution is 2.32. The predicted molar refractivity (Wildman–Crippen MR) is 90.3 cm³/mol. The molecule has 1 amide bonds. The molecule has 2 heterocycles. The van der Waals surface area contributed by atoms with Crippen LogP contribution in [-0.2, 0) is 15.7 Å². The number of carbonyl (C=O) groups excluding carboxylic acids is 1. The van der Waals surface area contributed by atoms with Gasteiger partial charge in [-0.25, -0.2) is 9.97 Å². The van der Waals surface area contributed by atoms with E-state index in [-0.39, 0.29) is 35.5 Å². The number of fused-ring (bicyclic) bond motifs is 1. The van der Waals surface area contributed by atoms with Crippen LogP contribution in [-0.4, -0.2) is 33.7 Å². The van der Waals surface area contributed by atoms with E-state index < -0.39 is 11.9 Å². The SMILES string of the molecule is COC(C)CCC(=O)Nc1nc2ccc(C(F)(F)F)nc2n1C1=CC=C1. The molecule has 2 aromatic rings. The Kier molecular flexibility index (Phi) is 4.82. The van der Waals surface area contributed by atoms with Gasteiger partial charge in [0, 0.05) is 13.5 Å². The first-order valence-electron chi connectivity index (χ1n) is 7.97. The van der Waals surface area contributed by atoms with Gasteiger partial charge < -0.3 is 4.74 Å². The van der Waals surface area contributed by atoms with Crippen molar-refractivity contribution in [3.05, 3.63) is 36.1 Å². The lowest BCUT2D eigenvalue weighted by atomic mass is 10.2. The molecule has 6 nitrogen and oxygen atoms in total. The molecular formula is C17H17F3N4O2. The maximum Gasteiger partial charge on any atom is 0.433 e. The topological polar surface area (TPSA) is 69.0 Å². The zero-order chi connectivity index (χ0) is 18.9. The summed E-state index contributed by atoms with van der Waals surface area (Å²) >= 11 is 0. The quantitative estimate of drug-likeness (QED) is 0.848. The number of nitrogens with zero attached hydrogens (tertiary/aromatic N) is 3. The largest absolute Gasteiger partial charge is 0.433 e. The molecule has 0 saturated heterocycles. The molecule has 1 N–H and O–H groups in total. The lowest BCUT2D eigenvalue weighted by Crippen LogP contribution is -2.18. The van der Waals surface area contributed by atoms with E-state index >= 15 is 0 Å². The van der Waals surface area contributed by atoms with Crippen molar-refractivity contribution in [1.29, 1.82) is 0 Å². The second-order valence-corrected chi connectivity index (χ2v) is 5.89.